The van der Waals surface area contributed by atoms with E-state index in [2.05, 4.69) is 31.2 Å². The minimum atomic E-state index is -4.04. The number of hydrogen-bond acceptors (Lipinski definition) is 2. The van der Waals surface area contributed by atoms with Crippen molar-refractivity contribution in [2.24, 2.45) is 5.92 Å². The maximum absolute atomic E-state index is 12.3. The van der Waals surface area contributed by atoms with Gasteiger partial charge in [-0.3, -0.25) is 0 Å². The molecule has 0 bridgehead atoms. The molecule has 1 N–H and O–H groups in total. The Morgan fingerprint density at radius 1 is 1.25 bits per heavy atom. The Kier molecular flexibility index (Phi) is 6.32. The van der Waals surface area contributed by atoms with E-state index < -0.39 is 12.6 Å². The summed E-state index contributed by atoms with van der Waals surface area (Å²) in [6, 6.07) is 0.132. The fraction of sp³-hybridized carbons (Fsp3) is 1.00. The second-order valence-electron chi connectivity index (χ2n) is 6.53. The third-order valence-electron chi connectivity index (χ3n) is 4.98. The van der Waals surface area contributed by atoms with Crippen LogP contribution in [0.1, 0.15) is 51.9 Å². The van der Waals surface area contributed by atoms with E-state index in [0.29, 0.717) is 6.42 Å². The molecule has 1 fully saturated rings. The van der Waals surface area contributed by atoms with E-state index in [1.807, 2.05) is 7.05 Å². The second kappa shape index (κ2) is 7.12. The molecular weight excluding hydrogens is 265 g/mol. The predicted molar refractivity (Wildman–Crippen MR) is 76.8 cm³/mol. The Balaban J connectivity index is 2.67. The standard InChI is InChI=1S/C15H29F3N2/c1-12-7-10-14(11-8-12,20(3)4)13(19-2)6-5-9-15(16,17)18/h12-13,19H,5-11H2,1-4H3. The van der Waals surface area contributed by atoms with Crippen molar-refractivity contribution in [3.05, 3.63) is 0 Å². The molecule has 1 aliphatic carbocycles. The van der Waals surface area contributed by atoms with Crippen molar-refractivity contribution in [2.75, 3.05) is 21.1 Å². The Labute approximate surface area is 121 Å². The van der Waals surface area contributed by atoms with Gasteiger partial charge in [0.2, 0.25) is 0 Å². The van der Waals surface area contributed by atoms with Crippen LogP contribution >= 0.6 is 0 Å². The van der Waals surface area contributed by atoms with E-state index in [0.717, 1.165) is 31.6 Å². The summed E-state index contributed by atoms with van der Waals surface area (Å²) in [6.07, 6.45) is 0.543. The van der Waals surface area contributed by atoms with Crippen LogP contribution in [-0.4, -0.2) is 43.8 Å². The Morgan fingerprint density at radius 3 is 2.20 bits per heavy atom. The lowest BCUT2D eigenvalue weighted by molar-refractivity contribution is -0.136. The molecule has 0 aliphatic heterocycles. The van der Waals surface area contributed by atoms with Crippen molar-refractivity contribution < 1.29 is 13.2 Å². The fourth-order valence-corrected chi connectivity index (χ4v) is 3.56. The summed E-state index contributed by atoms with van der Waals surface area (Å²) in [5, 5.41) is 3.29. The largest absolute Gasteiger partial charge is 0.389 e. The topological polar surface area (TPSA) is 15.3 Å². The molecule has 0 radical (unpaired) electrons. The first-order valence-electron chi connectivity index (χ1n) is 7.63. The van der Waals surface area contributed by atoms with Gasteiger partial charge in [0.1, 0.15) is 0 Å². The lowest BCUT2D eigenvalue weighted by Crippen LogP contribution is -2.59. The van der Waals surface area contributed by atoms with E-state index in [1.165, 1.54) is 0 Å². The third-order valence-corrected chi connectivity index (χ3v) is 4.98. The molecule has 1 unspecified atom stereocenters. The van der Waals surface area contributed by atoms with Crippen LogP contribution in [0.15, 0.2) is 0 Å². The number of likely N-dealkylation sites (N-methyl/N-ethyl adjacent to an activating group) is 2. The van der Waals surface area contributed by atoms with Crippen LogP contribution in [-0.2, 0) is 0 Å². The van der Waals surface area contributed by atoms with E-state index >= 15 is 0 Å². The summed E-state index contributed by atoms with van der Waals surface area (Å²) in [5.41, 5.74) is 0.00680. The van der Waals surface area contributed by atoms with E-state index in [4.69, 9.17) is 0 Å². The quantitative estimate of drug-likeness (QED) is 0.801. The number of rotatable bonds is 6. The minimum Gasteiger partial charge on any atom is -0.315 e. The molecule has 0 aromatic rings. The monoisotopic (exact) mass is 294 g/mol. The van der Waals surface area contributed by atoms with Crippen molar-refractivity contribution in [3.8, 4) is 0 Å². The molecule has 1 saturated carbocycles. The lowest BCUT2D eigenvalue weighted by Gasteiger charge is -2.50. The zero-order valence-corrected chi connectivity index (χ0v) is 13.2. The number of alkyl halides is 3. The van der Waals surface area contributed by atoms with E-state index in [-0.39, 0.29) is 18.0 Å². The highest BCUT2D eigenvalue weighted by atomic mass is 19.4. The first-order chi connectivity index (χ1) is 9.21. The van der Waals surface area contributed by atoms with Crippen LogP contribution < -0.4 is 5.32 Å². The van der Waals surface area contributed by atoms with Gasteiger partial charge in [-0.15, -0.1) is 0 Å². The molecule has 120 valence electrons. The predicted octanol–water partition coefficient (Wildman–Crippen LogP) is 3.82. The van der Waals surface area contributed by atoms with Gasteiger partial charge in [-0.25, -0.2) is 0 Å². The second-order valence-corrected chi connectivity index (χ2v) is 6.53. The fourth-order valence-electron chi connectivity index (χ4n) is 3.56. The van der Waals surface area contributed by atoms with Crippen molar-refractivity contribution in [3.63, 3.8) is 0 Å². The molecule has 1 rings (SSSR count). The van der Waals surface area contributed by atoms with Crippen LogP contribution in [0.2, 0.25) is 0 Å². The average Bonchev–Trinajstić information content (AvgIpc) is 2.35. The minimum absolute atomic E-state index is 0.00680. The molecule has 0 aromatic carbocycles. The van der Waals surface area contributed by atoms with Gasteiger partial charge in [-0.05, 0) is 65.6 Å². The molecule has 0 aromatic heterocycles. The zero-order chi connectivity index (χ0) is 15.4. The summed E-state index contributed by atoms with van der Waals surface area (Å²) in [5.74, 6) is 0.732. The van der Waals surface area contributed by atoms with Gasteiger partial charge in [-0.2, -0.15) is 13.2 Å². The van der Waals surface area contributed by atoms with Crippen LogP contribution in [0, 0.1) is 5.92 Å². The number of halogens is 3. The van der Waals surface area contributed by atoms with Gasteiger partial charge in [-0.1, -0.05) is 6.92 Å². The smallest absolute Gasteiger partial charge is 0.315 e. The summed E-state index contributed by atoms with van der Waals surface area (Å²) in [6.45, 7) is 2.26. The Hall–Kier alpha value is -0.290. The van der Waals surface area contributed by atoms with Crippen molar-refractivity contribution >= 4 is 0 Å². The van der Waals surface area contributed by atoms with E-state index in [1.54, 1.807) is 0 Å². The molecule has 5 heteroatoms. The number of nitrogens with zero attached hydrogens (tertiary/aromatic N) is 1. The Bertz CT molecular complexity index is 281. The highest BCUT2D eigenvalue weighted by Crippen LogP contribution is 2.39. The van der Waals surface area contributed by atoms with Gasteiger partial charge in [0.25, 0.3) is 0 Å². The molecular formula is C15H29F3N2. The van der Waals surface area contributed by atoms with Gasteiger partial charge in [0.05, 0.1) is 0 Å². The van der Waals surface area contributed by atoms with Crippen molar-refractivity contribution in [1.82, 2.24) is 10.2 Å². The maximum Gasteiger partial charge on any atom is 0.389 e. The lowest BCUT2D eigenvalue weighted by atomic mass is 9.71. The van der Waals surface area contributed by atoms with Gasteiger partial charge >= 0.3 is 6.18 Å². The van der Waals surface area contributed by atoms with Crippen LogP contribution in [0.3, 0.4) is 0 Å². The third kappa shape index (κ3) is 4.62. The summed E-state index contributed by atoms with van der Waals surface area (Å²) >= 11 is 0. The Morgan fingerprint density at radius 2 is 1.80 bits per heavy atom. The SMILES string of the molecule is CNC(CCCC(F)(F)F)C1(N(C)C)CCC(C)CC1. The summed E-state index contributed by atoms with van der Waals surface area (Å²) in [4.78, 5) is 2.23. The summed E-state index contributed by atoms with van der Waals surface area (Å²) < 4.78 is 37.0. The van der Waals surface area contributed by atoms with Crippen LogP contribution in [0.25, 0.3) is 0 Å². The van der Waals surface area contributed by atoms with Gasteiger partial charge in [0.15, 0.2) is 0 Å². The van der Waals surface area contributed by atoms with Gasteiger partial charge < -0.3 is 10.2 Å². The molecule has 0 spiro atoms. The van der Waals surface area contributed by atoms with Crippen LogP contribution in [0.5, 0.6) is 0 Å². The van der Waals surface area contributed by atoms with Crippen molar-refractivity contribution in [1.29, 1.82) is 0 Å². The molecule has 20 heavy (non-hydrogen) atoms. The molecule has 2 nitrogen and oxygen atoms in total. The number of nitrogens with one attached hydrogen (secondary N) is 1. The molecule has 0 heterocycles. The highest BCUT2D eigenvalue weighted by molar-refractivity contribution is 5.00. The van der Waals surface area contributed by atoms with E-state index in [9.17, 15) is 13.2 Å². The first kappa shape index (κ1) is 17.8. The maximum atomic E-state index is 12.3. The average molecular weight is 294 g/mol. The van der Waals surface area contributed by atoms with Crippen molar-refractivity contribution in [2.45, 2.75) is 69.6 Å². The normalized spacial score (nSPS) is 29.7. The first-order valence-corrected chi connectivity index (χ1v) is 7.63. The highest BCUT2D eigenvalue weighted by Gasteiger charge is 2.42. The molecule has 1 aliphatic rings. The summed E-state index contributed by atoms with van der Waals surface area (Å²) in [7, 11) is 6.00. The number of hydrogen-bond donors (Lipinski definition) is 1. The van der Waals surface area contributed by atoms with Gasteiger partial charge in [0, 0.05) is 18.0 Å². The molecule has 1 atom stereocenters. The molecule has 0 saturated heterocycles. The van der Waals surface area contributed by atoms with Crippen LogP contribution in [0.4, 0.5) is 13.2 Å². The molecule has 0 amide bonds. The zero-order valence-electron chi connectivity index (χ0n) is 13.2.